The van der Waals surface area contributed by atoms with Crippen molar-refractivity contribution in [2.24, 2.45) is 0 Å². The quantitative estimate of drug-likeness (QED) is 0.520. The summed E-state index contributed by atoms with van der Waals surface area (Å²) in [6, 6.07) is 8.58. The van der Waals surface area contributed by atoms with E-state index in [-0.39, 0.29) is 17.9 Å². The van der Waals surface area contributed by atoms with Gasteiger partial charge in [-0.25, -0.2) is 0 Å². The second-order valence-electron chi connectivity index (χ2n) is 5.21. The van der Waals surface area contributed by atoms with Crippen LogP contribution in [0, 0.1) is 0 Å². The summed E-state index contributed by atoms with van der Waals surface area (Å²) in [4.78, 5) is 10.7. The average Bonchev–Trinajstić information content (AvgIpc) is 2.61. The van der Waals surface area contributed by atoms with E-state index in [0.717, 1.165) is 18.2 Å². The van der Waals surface area contributed by atoms with E-state index in [2.05, 4.69) is 4.74 Å². The Labute approximate surface area is 153 Å². The van der Waals surface area contributed by atoms with Crippen LogP contribution in [-0.4, -0.2) is 28.1 Å². The normalized spacial score (nSPS) is 11.7. The molecule has 0 bridgehead atoms. The van der Waals surface area contributed by atoms with Crippen molar-refractivity contribution in [1.82, 2.24) is 0 Å². The average molecular weight is 404 g/mol. The molecule has 0 aromatic heterocycles. The summed E-state index contributed by atoms with van der Waals surface area (Å²) in [6.07, 6.45) is -4.60. The predicted octanol–water partition coefficient (Wildman–Crippen LogP) is 3.42. The van der Waals surface area contributed by atoms with Crippen LogP contribution in [0.15, 0.2) is 53.4 Å². The Kier molecular flexibility index (Phi) is 6.32. The molecule has 0 N–H and O–H groups in total. The lowest BCUT2D eigenvalue weighted by molar-refractivity contribution is -0.141. The minimum atomic E-state index is -4.62. The number of benzene rings is 2. The van der Waals surface area contributed by atoms with E-state index in [1.54, 1.807) is 0 Å². The molecule has 0 radical (unpaired) electrons. The minimum Gasteiger partial charge on any atom is -0.493 e. The van der Waals surface area contributed by atoms with Crippen LogP contribution < -0.4 is 8.92 Å². The van der Waals surface area contributed by atoms with Crippen LogP contribution in [0.5, 0.6) is 11.5 Å². The zero-order chi connectivity index (χ0) is 20.1. The van der Waals surface area contributed by atoms with Gasteiger partial charge in [0.15, 0.2) is 0 Å². The molecule has 0 aliphatic heterocycles. The summed E-state index contributed by atoms with van der Waals surface area (Å²) in [5.74, 6) is -0.608. The van der Waals surface area contributed by atoms with Gasteiger partial charge in [0.05, 0.1) is 25.7 Å². The lowest BCUT2D eigenvalue weighted by atomic mass is 10.2. The second kappa shape index (κ2) is 8.30. The van der Waals surface area contributed by atoms with Crippen molar-refractivity contribution in [2.75, 3.05) is 13.7 Å². The number of alkyl halides is 3. The number of ether oxygens (including phenoxy) is 2. The number of carbonyl (C=O) groups excluding carboxylic acids is 1. The maximum atomic E-state index is 12.7. The van der Waals surface area contributed by atoms with Crippen LogP contribution in [0.4, 0.5) is 13.2 Å². The number of rotatable bonds is 7. The molecule has 10 heteroatoms. The number of esters is 1. The third kappa shape index (κ3) is 5.88. The van der Waals surface area contributed by atoms with Gasteiger partial charge in [-0.05, 0) is 42.5 Å². The molecule has 0 fully saturated rings. The number of carbonyl (C=O) groups is 1. The minimum absolute atomic E-state index is 0.0230. The van der Waals surface area contributed by atoms with Crippen molar-refractivity contribution in [1.29, 1.82) is 0 Å². The summed E-state index contributed by atoms with van der Waals surface area (Å²) in [5, 5.41) is 0. The van der Waals surface area contributed by atoms with Gasteiger partial charge in [0.25, 0.3) is 0 Å². The summed E-state index contributed by atoms with van der Waals surface area (Å²) >= 11 is 0. The molecule has 0 aliphatic rings. The predicted molar refractivity (Wildman–Crippen MR) is 87.8 cm³/mol. The fraction of sp³-hybridized carbons (Fsp3) is 0.235. The highest BCUT2D eigenvalue weighted by molar-refractivity contribution is 7.87. The van der Waals surface area contributed by atoms with Crippen LogP contribution in [0.1, 0.15) is 12.0 Å². The fourth-order valence-corrected chi connectivity index (χ4v) is 2.88. The van der Waals surface area contributed by atoms with Crippen LogP contribution >= 0.6 is 0 Å². The summed E-state index contributed by atoms with van der Waals surface area (Å²) in [7, 11) is -3.08. The lowest BCUT2D eigenvalue weighted by Crippen LogP contribution is -2.11. The van der Waals surface area contributed by atoms with E-state index >= 15 is 0 Å². The summed E-state index contributed by atoms with van der Waals surface area (Å²) < 4.78 is 77.0. The second-order valence-corrected chi connectivity index (χ2v) is 6.76. The van der Waals surface area contributed by atoms with Crippen LogP contribution in [0.25, 0.3) is 0 Å². The Morgan fingerprint density at radius 1 is 1.04 bits per heavy atom. The van der Waals surface area contributed by atoms with Gasteiger partial charge in [-0.15, -0.1) is 0 Å². The molecule has 0 amide bonds. The largest absolute Gasteiger partial charge is 0.493 e. The molecule has 6 nitrogen and oxygen atoms in total. The molecule has 2 aromatic carbocycles. The van der Waals surface area contributed by atoms with E-state index in [4.69, 9.17) is 8.92 Å². The van der Waals surface area contributed by atoms with Gasteiger partial charge in [-0.1, -0.05) is 6.07 Å². The van der Waals surface area contributed by atoms with Crippen molar-refractivity contribution < 1.29 is 40.0 Å². The van der Waals surface area contributed by atoms with Crippen LogP contribution in [0.3, 0.4) is 0 Å². The molecule has 2 rings (SSSR count). The maximum absolute atomic E-state index is 12.7. The van der Waals surface area contributed by atoms with Gasteiger partial charge in [-0.3, -0.25) is 4.79 Å². The highest BCUT2D eigenvalue weighted by Gasteiger charge is 2.31. The van der Waals surface area contributed by atoms with E-state index in [1.165, 1.54) is 31.4 Å². The van der Waals surface area contributed by atoms with Gasteiger partial charge in [0, 0.05) is 0 Å². The molecule has 0 unspecified atom stereocenters. The van der Waals surface area contributed by atoms with E-state index < -0.39 is 33.6 Å². The monoisotopic (exact) mass is 404 g/mol. The number of halogens is 3. The van der Waals surface area contributed by atoms with E-state index in [1.807, 2.05) is 0 Å². The first-order valence-electron chi connectivity index (χ1n) is 7.53. The molecule has 0 atom stereocenters. The molecular formula is C17H15F3O6S. The van der Waals surface area contributed by atoms with Crippen molar-refractivity contribution >= 4 is 16.1 Å². The molecule has 146 valence electrons. The third-order valence-corrected chi connectivity index (χ3v) is 4.54. The molecule has 0 spiro atoms. The smallest absolute Gasteiger partial charge is 0.416 e. The molecule has 2 aromatic rings. The molecule has 0 aliphatic carbocycles. The van der Waals surface area contributed by atoms with Crippen molar-refractivity contribution in [3.63, 3.8) is 0 Å². The molecule has 0 heterocycles. The van der Waals surface area contributed by atoms with E-state index in [9.17, 15) is 26.4 Å². The van der Waals surface area contributed by atoms with Gasteiger partial charge in [0.2, 0.25) is 0 Å². The highest BCUT2D eigenvalue weighted by atomic mass is 32.2. The van der Waals surface area contributed by atoms with E-state index in [0.29, 0.717) is 11.8 Å². The fourth-order valence-electron chi connectivity index (χ4n) is 1.96. The number of hydrogen-bond acceptors (Lipinski definition) is 6. The number of methoxy groups -OCH3 is 1. The zero-order valence-corrected chi connectivity index (χ0v) is 14.8. The van der Waals surface area contributed by atoms with Crippen LogP contribution in [0.2, 0.25) is 0 Å². The Morgan fingerprint density at radius 3 is 2.30 bits per heavy atom. The Balaban J connectivity index is 2.07. The lowest BCUT2D eigenvalue weighted by Gasteiger charge is -2.11. The third-order valence-electron chi connectivity index (χ3n) is 3.28. The zero-order valence-electron chi connectivity index (χ0n) is 14.0. The first-order valence-corrected chi connectivity index (χ1v) is 8.94. The Hall–Kier alpha value is -2.75. The molecule has 27 heavy (non-hydrogen) atoms. The van der Waals surface area contributed by atoms with Gasteiger partial charge in [0.1, 0.15) is 16.4 Å². The highest BCUT2D eigenvalue weighted by Crippen LogP contribution is 2.32. The number of hydrogen-bond donors (Lipinski definition) is 0. The standard InChI is InChI=1S/C17H15F3O6S/c1-24-16(21)9-10-25-13-5-7-15(8-6-13)27(22,23)26-14-4-2-3-12(11-14)17(18,19)20/h2-8,11H,9-10H2,1H3. The van der Waals surface area contributed by atoms with Gasteiger partial charge < -0.3 is 13.7 Å². The van der Waals surface area contributed by atoms with Crippen LogP contribution in [-0.2, 0) is 25.8 Å². The molecule has 0 saturated carbocycles. The maximum Gasteiger partial charge on any atom is 0.416 e. The van der Waals surface area contributed by atoms with Gasteiger partial charge in [-0.2, -0.15) is 21.6 Å². The molecule has 0 saturated heterocycles. The molecular weight excluding hydrogens is 389 g/mol. The SMILES string of the molecule is COC(=O)CCOc1ccc(S(=O)(=O)Oc2cccc(C(F)(F)F)c2)cc1. The first-order chi connectivity index (χ1) is 12.6. The first kappa shape index (κ1) is 20.6. The van der Waals surface area contributed by atoms with Gasteiger partial charge >= 0.3 is 22.3 Å². The summed E-state index contributed by atoms with van der Waals surface area (Å²) in [6.45, 7) is 0.0412. The van der Waals surface area contributed by atoms with Crippen molar-refractivity contribution in [2.45, 2.75) is 17.5 Å². The van der Waals surface area contributed by atoms with Crippen molar-refractivity contribution in [3.05, 3.63) is 54.1 Å². The Morgan fingerprint density at radius 2 is 1.70 bits per heavy atom. The van der Waals surface area contributed by atoms with Crippen molar-refractivity contribution in [3.8, 4) is 11.5 Å². The summed E-state index contributed by atoms with van der Waals surface area (Å²) in [5.41, 5.74) is -1.02. The topological polar surface area (TPSA) is 78.9 Å². The Bertz CT molecular complexity index is 892.